The van der Waals surface area contributed by atoms with E-state index >= 15 is 0 Å². The fraction of sp³-hybridized carbons (Fsp3) is 0.600. The van der Waals surface area contributed by atoms with Gasteiger partial charge in [-0.3, -0.25) is 14.5 Å². The van der Waals surface area contributed by atoms with Crippen molar-refractivity contribution in [3.63, 3.8) is 0 Å². The van der Waals surface area contributed by atoms with E-state index in [2.05, 4.69) is 4.90 Å². The number of halogens is 1. The molecule has 142 valence electrons. The van der Waals surface area contributed by atoms with Gasteiger partial charge >= 0.3 is 0 Å². The molecule has 0 spiro atoms. The number of carbonyl (C=O) groups excluding carboxylic acids is 2. The summed E-state index contributed by atoms with van der Waals surface area (Å²) in [5.74, 6) is -0.709. The van der Waals surface area contributed by atoms with Gasteiger partial charge in [0.1, 0.15) is 5.82 Å². The molecular formula is C20H28FN3O2. The molecule has 2 amide bonds. The topological polar surface area (TPSA) is 66.6 Å². The van der Waals surface area contributed by atoms with Gasteiger partial charge in [0.2, 0.25) is 11.8 Å². The zero-order chi connectivity index (χ0) is 18.7. The fourth-order valence-electron chi connectivity index (χ4n) is 4.18. The van der Waals surface area contributed by atoms with Crippen LogP contribution in [-0.4, -0.2) is 47.3 Å². The molecule has 0 aliphatic carbocycles. The van der Waals surface area contributed by atoms with Crippen LogP contribution in [0.3, 0.4) is 0 Å². The molecule has 5 nitrogen and oxygen atoms in total. The third-order valence-corrected chi connectivity index (χ3v) is 5.72. The summed E-state index contributed by atoms with van der Waals surface area (Å²) in [5.41, 5.74) is 6.39. The molecule has 3 unspecified atom stereocenters. The van der Waals surface area contributed by atoms with Gasteiger partial charge in [-0.15, -0.1) is 0 Å². The first-order valence-electron chi connectivity index (χ1n) is 9.50. The van der Waals surface area contributed by atoms with E-state index < -0.39 is 0 Å². The molecule has 2 saturated heterocycles. The molecule has 2 fully saturated rings. The number of nitrogens with zero attached hydrogens (tertiary/aromatic N) is 2. The molecule has 2 aliphatic heterocycles. The van der Waals surface area contributed by atoms with Gasteiger partial charge in [0.25, 0.3) is 0 Å². The summed E-state index contributed by atoms with van der Waals surface area (Å²) in [6.45, 7) is 4.73. The van der Waals surface area contributed by atoms with Gasteiger partial charge in [-0.05, 0) is 56.8 Å². The van der Waals surface area contributed by atoms with Crippen LogP contribution in [0.4, 0.5) is 4.39 Å². The van der Waals surface area contributed by atoms with Gasteiger partial charge in [0, 0.05) is 25.7 Å². The van der Waals surface area contributed by atoms with Gasteiger partial charge in [-0.2, -0.15) is 0 Å². The third-order valence-electron chi connectivity index (χ3n) is 5.72. The Morgan fingerprint density at radius 3 is 2.73 bits per heavy atom. The minimum atomic E-state index is -0.314. The fourth-order valence-corrected chi connectivity index (χ4v) is 4.18. The van der Waals surface area contributed by atoms with E-state index in [1.165, 1.54) is 6.07 Å². The Kier molecular flexibility index (Phi) is 5.91. The Labute approximate surface area is 154 Å². The average Bonchev–Trinajstić information content (AvgIpc) is 2.61. The van der Waals surface area contributed by atoms with Gasteiger partial charge < -0.3 is 10.6 Å². The first-order valence-corrected chi connectivity index (χ1v) is 9.50. The van der Waals surface area contributed by atoms with Crippen LogP contribution < -0.4 is 5.73 Å². The summed E-state index contributed by atoms with van der Waals surface area (Å²) >= 11 is 0. The Morgan fingerprint density at radius 2 is 2.00 bits per heavy atom. The highest BCUT2D eigenvalue weighted by Crippen LogP contribution is 2.27. The SMILES string of the molecule is CC1CCC(C(N)=O)CN1C(=O)C1CCCN(Cc2cccc(F)c2)C1. The monoisotopic (exact) mass is 361 g/mol. The van der Waals surface area contributed by atoms with Crippen molar-refractivity contribution in [3.8, 4) is 0 Å². The zero-order valence-corrected chi connectivity index (χ0v) is 15.4. The number of benzene rings is 1. The van der Waals surface area contributed by atoms with Gasteiger partial charge in [-0.1, -0.05) is 12.1 Å². The van der Waals surface area contributed by atoms with Crippen LogP contribution in [0.25, 0.3) is 0 Å². The number of hydrogen-bond donors (Lipinski definition) is 1. The molecule has 2 aliphatic rings. The van der Waals surface area contributed by atoms with Crippen LogP contribution >= 0.6 is 0 Å². The van der Waals surface area contributed by atoms with Gasteiger partial charge in [0.05, 0.1) is 11.8 Å². The number of hydrogen-bond acceptors (Lipinski definition) is 3. The second kappa shape index (κ2) is 8.16. The second-order valence-electron chi connectivity index (χ2n) is 7.72. The van der Waals surface area contributed by atoms with E-state index in [1.54, 1.807) is 12.1 Å². The van der Waals surface area contributed by atoms with E-state index in [-0.39, 0.29) is 35.5 Å². The Bertz CT molecular complexity index is 666. The summed E-state index contributed by atoms with van der Waals surface area (Å²) in [6.07, 6.45) is 3.39. The van der Waals surface area contributed by atoms with Crippen LogP contribution in [0.5, 0.6) is 0 Å². The quantitative estimate of drug-likeness (QED) is 0.894. The lowest BCUT2D eigenvalue weighted by atomic mass is 9.89. The predicted molar refractivity (Wildman–Crippen MR) is 97.5 cm³/mol. The van der Waals surface area contributed by atoms with E-state index in [0.717, 1.165) is 37.8 Å². The molecular weight excluding hydrogens is 333 g/mol. The number of primary amides is 1. The van der Waals surface area contributed by atoms with Crippen molar-refractivity contribution in [2.24, 2.45) is 17.6 Å². The van der Waals surface area contributed by atoms with E-state index in [9.17, 15) is 14.0 Å². The molecule has 1 aromatic rings. The smallest absolute Gasteiger partial charge is 0.227 e. The van der Waals surface area contributed by atoms with Crippen molar-refractivity contribution in [2.45, 2.75) is 45.2 Å². The Morgan fingerprint density at radius 1 is 1.19 bits per heavy atom. The lowest BCUT2D eigenvalue weighted by molar-refractivity contribution is -0.143. The predicted octanol–water partition coefficient (Wildman–Crippen LogP) is 2.15. The molecule has 2 heterocycles. The second-order valence-corrected chi connectivity index (χ2v) is 7.72. The zero-order valence-electron chi connectivity index (χ0n) is 15.4. The summed E-state index contributed by atoms with van der Waals surface area (Å²) in [4.78, 5) is 28.7. The summed E-state index contributed by atoms with van der Waals surface area (Å²) in [6, 6.07) is 6.78. The van der Waals surface area contributed by atoms with Crippen LogP contribution in [0.1, 0.15) is 38.2 Å². The van der Waals surface area contributed by atoms with Gasteiger partial charge in [0.15, 0.2) is 0 Å². The maximum absolute atomic E-state index is 13.4. The number of likely N-dealkylation sites (tertiary alicyclic amines) is 2. The average molecular weight is 361 g/mol. The molecule has 1 aromatic carbocycles. The standard InChI is InChI=1S/C20H28FN3O2/c1-14-7-8-16(19(22)25)13-24(14)20(26)17-5-3-9-23(12-17)11-15-4-2-6-18(21)10-15/h2,4,6,10,14,16-17H,3,5,7-9,11-13H2,1H3,(H2,22,25). The number of piperidine rings is 2. The number of nitrogens with two attached hydrogens (primary N) is 1. The first kappa shape index (κ1) is 18.8. The molecule has 0 aromatic heterocycles. The molecule has 3 atom stereocenters. The minimum absolute atomic E-state index is 0.0635. The molecule has 0 bridgehead atoms. The van der Waals surface area contributed by atoms with E-state index in [0.29, 0.717) is 19.6 Å². The number of rotatable bonds is 4. The van der Waals surface area contributed by atoms with Crippen LogP contribution in [0.15, 0.2) is 24.3 Å². The third kappa shape index (κ3) is 4.41. The number of carbonyl (C=O) groups is 2. The van der Waals surface area contributed by atoms with Crippen molar-refractivity contribution in [3.05, 3.63) is 35.6 Å². The molecule has 6 heteroatoms. The Hall–Kier alpha value is -1.95. The van der Waals surface area contributed by atoms with Crippen LogP contribution in [0, 0.1) is 17.7 Å². The maximum Gasteiger partial charge on any atom is 0.227 e. The van der Waals surface area contributed by atoms with Gasteiger partial charge in [-0.25, -0.2) is 4.39 Å². The highest BCUT2D eigenvalue weighted by atomic mass is 19.1. The highest BCUT2D eigenvalue weighted by molar-refractivity contribution is 5.82. The van der Waals surface area contributed by atoms with Crippen molar-refractivity contribution in [1.82, 2.24) is 9.80 Å². The van der Waals surface area contributed by atoms with E-state index in [1.807, 2.05) is 17.9 Å². The van der Waals surface area contributed by atoms with Crippen LogP contribution in [0.2, 0.25) is 0 Å². The van der Waals surface area contributed by atoms with E-state index in [4.69, 9.17) is 5.73 Å². The largest absolute Gasteiger partial charge is 0.369 e. The van der Waals surface area contributed by atoms with Crippen molar-refractivity contribution in [1.29, 1.82) is 0 Å². The summed E-state index contributed by atoms with van der Waals surface area (Å²) < 4.78 is 13.4. The van der Waals surface area contributed by atoms with Crippen LogP contribution in [-0.2, 0) is 16.1 Å². The maximum atomic E-state index is 13.4. The molecule has 0 radical (unpaired) electrons. The Balaban J connectivity index is 1.62. The number of amides is 2. The minimum Gasteiger partial charge on any atom is -0.369 e. The van der Waals surface area contributed by atoms with Crippen molar-refractivity contribution >= 4 is 11.8 Å². The molecule has 2 N–H and O–H groups in total. The summed E-state index contributed by atoms with van der Waals surface area (Å²) in [7, 11) is 0. The lowest BCUT2D eigenvalue weighted by Gasteiger charge is -2.41. The highest BCUT2D eigenvalue weighted by Gasteiger charge is 2.36. The van der Waals surface area contributed by atoms with Crippen molar-refractivity contribution < 1.29 is 14.0 Å². The summed E-state index contributed by atoms with van der Waals surface area (Å²) in [5, 5.41) is 0. The molecule has 3 rings (SSSR count). The van der Waals surface area contributed by atoms with Crippen molar-refractivity contribution in [2.75, 3.05) is 19.6 Å². The first-order chi connectivity index (χ1) is 12.4. The lowest BCUT2D eigenvalue weighted by Crippen LogP contribution is -2.52. The molecule has 0 saturated carbocycles. The molecule has 26 heavy (non-hydrogen) atoms. The normalized spacial score (nSPS) is 27.3.